The molecule has 0 radical (unpaired) electrons. The van der Waals surface area contributed by atoms with Gasteiger partial charge in [0.15, 0.2) is 0 Å². The summed E-state index contributed by atoms with van der Waals surface area (Å²) in [5, 5.41) is 8.92. The minimum absolute atomic E-state index is 0.343. The van der Waals surface area contributed by atoms with Crippen LogP contribution in [0.2, 0.25) is 0 Å². The molecule has 0 fully saturated rings. The summed E-state index contributed by atoms with van der Waals surface area (Å²) in [7, 11) is 0. The third kappa shape index (κ3) is 3.13. The largest absolute Gasteiger partial charge is 0.481 e. The van der Waals surface area contributed by atoms with Crippen molar-refractivity contribution < 1.29 is 14.3 Å². The number of nitrogens with two attached hydrogens (primary N) is 1. The number of hydrogen-bond acceptors (Lipinski definition) is 3. The molecular weight excluding hydrogens is 229 g/mol. The summed E-state index contributed by atoms with van der Waals surface area (Å²) in [6, 6.07) is 4.07. The van der Waals surface area contributed by atoms with Crippen LogP contribution < -0.4 is 5.73 Å². The Kier molecular flexibility index (Phi) is 3.80. The summed E-state index contributed by atoms with van der Waals surface area (Å²) < 4.78 is 12.9. The Morgan fingerprint density at radius 1 is 1.56 bits per heavy atom. The van der Waals surface area contributed by atoms with Crippen LogP contribution in [0.4, 0.5) is 10.1 Å². The van der Waals surface area contributed by atoms with Gasteiger partial charge in [0.05, 0.1) is 5.41 Å². The molecule has 0 spiro atoms. The SMILES string of the molecule is CC(C)(CSc1cc(F)ccc1N)C(=O)O. The van der Waals surface area contributed by atoms with Crippen molar-refractivity contribution in [1.82, 2.24) is 0 Å². The summed E-state index contributed by atoms with van der Waals surface area (Å²) in [4.78, 5) is 11.5. The molecule has 0 bridgehead atoms. The Morgan fingerprint density at radius 3 is 2.75 bits per heavy atom. The van der Waals surface area contributed by atoms with E-state index < -0.39 is 11.4 Å². The van der Waals surface area contributed by atoms with E-state index in [0.717, 1.165) is 0 Å². The van der Waals surface area contributed by atoms with E-state index in [4.69, 9.17) is 10.8 Å². The van der Waals surface area contributed by atoms with Crippen LogP contribution >= 0.6 is 11.8 Å². The highest BCUT2D eigenvalue weighted by Crippen LogP contribution is 2.31. The highest BCUT2D eigenvalue weighted by molar-refractivity contribution is 7.99. The van der Waals surface area contributed by atoms with Gasteiger partial charge in [-0.15, -0.1) is 11.8 Å². The Balaban J connectivity index is 2.75. The van der Waals surface area contributed by atoms with Crippen LogP contribution in [0.25, 0.3) is 0 Å². The molecule has 0 saturated heterocycles. The van der Waals surface area contributed by atoms with Crippen molar-refractivity contribution in [3.63, 3.8) is 0 Å². The minimum atomic E-state index is -0.880. The molecule has 0 aliphatic rings. The van der Waals surface area contributed by atoms with E-state index in [2.05, 4.69) is 0 Å². The van der Waals surface area contributed by atoms with Crippen molar-refractivity contribution in [3.05, 3.63) is 24.0 Å². The molecule has 0 aliphatic carbocycles. The summed E-state index contributed by atoms with van der Waals surface area (Å²) in [6.45, 7) is 3.25. The first kappa shape index (κ1) is 12.8. The van der Waals surface area contributed by atoms with Crippen molar-refractivity contribution in [2.24, 2.45) is 5.41 Å². The lowest BCUT2D eigenvalue weighted by Gasteiger charge is -2.18. The van der Waals surface area contributed by atoms with Crippen molar-refractivity contribution in [2.75, 3.05) is 11.5 Å². The second-order valence-electron chi connectivity index (χ2n) is 4.16. The van der Waals surface area contributed by atoms with Gasteiger partial charge < -0.3 is 10.8 Å². The Bertz CT molecular complexity index is 407. The van der Waals surface area contributed by atoms with Crippen molar-refractivity contribution >= 4 is 23.4 Å². The number of carboxylic acids is 1. The quantitative estimate of drug-likeness (QED) is 0.630. The monoisotopic (exact) mass is 243 g/mol. The van der Waals surface area contributed by atoms with E-state index in [0.29, 0.717) is 16.3 Å². The Labute approximate surface area is 97.8 Å². The van der Waals surface area contributed by atoms with Crippen LogP contribution in [0.15, 0.2) is 23.1 Å². The van der Waals surface area contributed by atoms with Crippen LogP contribution in [0, 0.1) is 11.2 Å². The fraction of sp³-hybridized carbons (Fsp3) is 0.364. The van der Waals surface area contributed by atoms with Gasteiger partial charge in [-0.3, -0.25) is 4.79 Å². The van der Waals surface area contributed by atoms with Gasteiger partial charge in [-0.2, -0.15) is 0 Å². The van der Waals surface area contributed by atoms with E-state index in [1.807, 2.05) is 0 Å². The third-order valence-corrected chi connectivity index (χ3v) is 3.67. The smallest absolute Gasteiger partial charge is 0.309 e. The zero-order chi connectivity index (χ0) is 12.3. The van der Waals surface area contributed by atoms with Gasteiger partial charge in [0.25, 0.3) is 0 Å². The average molecular weight is 243 g/mol. The second-order valence-corrected chi connectivity index (χ2v) is 5.18. The van der Waals surface area contributed by atoms with E-state index >= 15 is 0 Å². The molecule has 16 heavy (non-hydrogen) atoms. The molecule has 0 heterocycles. The van der Waals surface area contributed by atoms with Gasteiger partial charge in [0.2, 0.25) is 0 Å². The van der Waals surface area contributed by atoms with Crippen LogP contribution in [0.5, 0.6) is 0 Å². The predicted molar refractivity (Wildman–Crippen MR) is 63.0 cm³/mol. The first-order valence-electron chi connectivity index (χ1n) is 4.74. The average Bonchev–Trinajstić information content (AvgIpc) is 2.19. The normalized spacial score (nSPS) is 11.4. The molecular formula is C11H14FNO2S. The zero-order valence-corrected chi connectivity index (χ0v) is 9.97. The standard InChI is InChI=1S/C11H14FNO2S/c1-11(2,10(14)15)6-16-9-5-7(12)3-4-8(9)13/h3-5H,6,13H2,1-2H3,(H,14,15). The van der Waals surface area contributed by atoms with Crippen LogP contribution in [0.1, 0.15) is 13.8 Å². The number of anilines is 1. The second kappa shape index (κ2) is 4.74. The van der Waals surface area contributed by atoms with E-state index in [9.17, 15) is 9.18 Å². The number of rotatable bonds is 4. The molecule has 1 rings (SSSR count). The lowest BCUT2D eigenvalue weighted by molar-refractivity contribution is -0.145. The molecule has 0 amide bonds. The zero-order valence-electron chi connectivity index (χ0n) is 9.16. The topological polar surface area (TPSA) is 63.3 Å². The van der Waals surface area contributed by atoms with Gasteiger partial charge >= 0.3 is 5.97 Å². The van der Waals surface area contributed by atoms with Gasteiger partial charge in [-0.1, -0.05) is 0 Å². The molecule has 0 aliphatic heterocycles. The number of halogens is 1. The van der Waals surface area contributed by atoms with E-state index in [1.54, 1.807) is 13.8 Å². The van der Waals surface area contributed by atoms with Gasteiger partial charge in [0, 0.05) is 16.3 Å². The van der Waals surface area contributed by atoms with E-state index in [1.165, 1.54) is 30.0 Å². The highest BCUT2D eigenvalue weighted by Gasteiger charge is 2.27. The van der Waals surface area contributed by atoms with Crippen LogP contribution in [-0.4, -0.2) is 16.8 Å². The molecule has 1 aromatic rings. The van der Waals surface area contributed by atoms with Gasteiger partial charge in [-0.05, 0) is 32.0 Å². The van der Waals surface area contributed by atoms with E-state index in [-0.39, 0.29) is 5.82 Å². The molecule has 0 saturated carbocycles. The van der Waals surface area contributed by atoms with Crippen LogP contribution in [0.3, 0.4) is 0 Å². The lowest BCUT2D eigenvalue weighted by Crippen LogP contribution is -2.26. The maximum atomic E-state index is 12.9. The summed E-state index contributed by atoms with van der Waals surface area (Å²) >= 11 is 1.25. The third-order valence-electron chi connectivity index (χ3n) is 2.14. The first-order chi connectivity index (χ1) is 7.33. The summed E-state index contributed by atoms with van der Waals surface area (Å²) in [5.74, 6) is -0.907. The summed E-state index contributed by atoms with van der Waals surface area (Å²) in [6.07, 6.45) is 0. The number of carbonyl (C=O) groups is 1. The number of thioether (sulfide) groups is 1. The summed E-state index contributed by atoms with van der Waals surface area (Å²) in [5.41, 5.74) is 5.27. The molecule has 3 N–H and O–H groups in total. The maximum Gasteiger partial charge on any atom is 0.309 e. The lowest BCUT2D eigenvalue weighted by atomic mass is 9.97. The number of aliphatic carboxylic acids is 1. The van der Waals surface area contributed by atoms with Crippen molar-refractivity contribution in [3.8, 4) is 0 Å². The fourth-order valence-corrected chi connectivity index (χ4v) is 2.02. The molecule has 3 nitrogen and oxygen atoms in total. The fourth-order valence-electron chi connectivity index (χ4n) is 0.953. The molecule has 0 unspecified atom stereocenters. The predicted octanol–water partition coefficient (Wildman–Crippen LogP) is 2.61. The Hall–Kier alpha value is -1.23. The van der Waals surface area contributed by atoms with Gasteiger partial charge in [-0.25, -0.2) is 4.39 Å². The Morgan fingerprint density at radius 2 is 2.19 bits per heavy atom. The molecule has 0 aromatic heterocycles. The van der Waals surface area contributed by atoms with Crippen LogP contribution in [-0.2, 0) is 4.79 Å². The van der Waals surface area contributed by atoms with Gasteiger partial charge in [0.1, 0.15) is 5.82 Å². The number of nitrogen functional groups attached to an aromatic ring is 1. The molecule has 5 heteroatoms. The number of benzene rings is 1. The van der Waals surface area contributed by atoms with Crippen molar-refractivity contribution in [1.29, 1.82) is 0 Å². The minimum Gasteiger partial charge on any atom is -0.481 e. The number of hydrogen-bond donors (Lipinski definition) is 2. The molecule has 1 aromatic carbocycles. The number of carboxylic acid groups (broad SMARTS) is 1. The molecule has 88 valence electrons. The first-order valence-corrected chi connectivity index (χ1v) is 5.73. The van der Waals surface area contributed by atoms with Crippen molar-refractivity contribution in [2.45, 2.75) is 18.7 Å². The molecule has 0 atom stereocenters. The highest BCUT2D eigenvalue weighted by atomic mass is 32.2. The maximum absolute atomic E-state index is 12.9.